The predicted molar refractivity (Wildman–Crippen MR) is 60.6 cm³/mol. The van der Waals surface area contributed by atoms with Gasteiger partial charge in [-0.1, -0.05) is 6.42 Å². The average molecular weight is 235 g/mol. The Morgan fingerprint density at radius 2 is 2.20 bits per heavy atom. The second kappa shape index (κ2) is 5.79. The van der Waals surface area contributed by atoms with Crippen molar-refractivity contribution in [2.24, 2.45) is 5.73 Å². The van der Waals surface area contributed by atoms with Gasteiger partial charge in [0.1, 0.15) is 0 Å². The molecule has 1 rings (SSSR count). The lowest BCUT2D eigenvalue weighted by Gasteiger charge is -2.32. The highest BCUT2D eigenvalue weighted by molar-refractivity contribution is 7.87. The van der Waals surface area contributed by atoms with Crippen LogP contribution in [0, 0.1) is 0 Å². The first-order valence-corrected chi connectivity index (χ1v) is 6.98. The fraction of sp³-hybridized carbons (Fsp3) is 1.00. The molecule has 1 fully saturated rings. The monoisotopic (exact) mass is 235 g/mol. The summed E-state index contributed by atoms with van der Waals surface area (Å²) in [5.41, 5.74) is 5.32. The molecule has 15 heavy (non-hydrogen) atoms. The Hall–Kier alpha value is -0.170. The van der Waals surface area contributed by atoms with Gasteiger partial charge in [-0.05, 0) is 32.7 Å². The molecule has 6 heteroatoms. The van der Waals surface area contributed by atoms with E-state index in [-0.39, 0.29) is 6.04 Å². The minimum absolute atomic E-state index is 0.120. The Morgan fingerprint density at radius 3 is 2.80 bits per heavy atom. The molecule has 0 aliphatic carbocycles. The summed E-state index contributed by atoms with van der Waals surface area (Å²) in [6.07, 6.45) is 3.72. The van der Waals surface area contributed by atoms with E-state index in [1.54, 1.807) is 4.31 Å². The van der Waals surface area contributed by atoms with Gasteiger partial charge in [0.25, 0.3) is 10.2 Å². The lowest BCUT2D eigenvalue weighted by Crippen LogP contribution is -2.48. The molecule has 5 nitrogen and oxygen atoms in total. The minimum atomic E-state index is -3.28. The number of nitrogens with zero attached hydrogens (tertiary/aromatic N) is 1. The third kappa shape index (κ3) is 3.71. The molecule has 3 N–H and O–H groups in total. The van der Waals surface area contributed by atoms with Crippen LogP contribution in [-0.2, 0) is 10.2 Å². The molecule has 1 unspecified atom stereocenters. The maximum absolute atomic E-state index is 11.8. The number of hydrogen-bond donors (Lipinski definition) is 2. The van der Waals surface area contributed by atoms with Crippen LogP contribution < -0.4 is 10.5 Å². The van der Waals surface area contributed by atoms with Gasteiger partial charge in [0.05, 0.1) is 0 Å². The van der Waals surface area contributed by atoms with Crippen LogP contribution in [0.5, 0.6) is 0 Å². The summed E-state index contributed by atoms with van der Waals surface area (Å²) >= 11 is 0. The topological polar surface area (TPSA) is 75.4 Å². The first-order valence-electron chi connectivity index (χ1n) is 5.54. The lowest BCUT2D eigenvalue weighted by molar-refractivity contribution is 0.265. The van der Waals surface area contributed by atoms with E-state index in [0.29, 0.717) is 26.1 Å². The molecule has 0 bridgehead atoms. The molecular weight excluding hydrogens is 214 g/mol. The Morgan fingerprint density at radius 1 is 1.47 bits per heavy atom. The molecule has 1 saturated heterocycles. The molecule has 0 aromatic carbocycles. The highest BCUT2D eigenvalue weighted by atomic mass is 32.2. The highest BCUT2D eigenvalue weighted by Gasteiger charge is 2.28. The van der Waals surface area contributed by atoms with Crippen molar-refractivity contribution in [2.45, 2.75) is 38.6 Å². The molecule has 0 amide bonds. The summed E-state index contributed by atoms with van der Waals surface area (Å²) in [5.74, 6) is 0. The predicted octanol–water partition coefficient (Wildman–Crippen LogP) is 0.0440. The first-order chi connectivity index (χ1) is 7.08. The van der Waals surface area contributed by atoms with Crippen LogP contribution in [0.2, 0.25) is 0 Å². The maximum atomic E-state index is 11.8. The molecule has 90 valence electrons. The van der Waals surface area contributed by atoms with Gasteiger partial charge >= 0.3 is 0 Å². The zero-order chi connectivity index (χ0) is 11.3. The van der Waals surface area contributed by atoms with E-state index in [4.69, 9.17) is 5.73 Å². The quantitative estimate of drug-likeness (QED) is 0.661. The van der Waals surface area contributed by atoms with Gasteiger partial charge in [0.2, 0.25) is 0 Å². The normalized spacial score (nSPS) is 24.3. The second-order valence-electron chi connectivity index (χ2n) is 4.00. The van der Waals surface area contributed by atoms with Crippen LogP contribution in [0.1, 0.15) is 32.6 Å². The van der Waals surface area contributed by atoms with Crippen molar-refractivity contribution in [3.05, 3.63) is 0 Å². The van der Waals surface area contributed by atoms with Gasteiger partial charge in [-0.15, -0.1) is 0 Å². The van der Waals surface area contributed by atoms with Crippen LogP contribution in [0.4, 0.5) is 0 Å². The molecule has 0 spiro atoms. The summed E-state index contributed by atoms with van der Waals surface area (Å²) in [5, 5.41) is 0. The molecule has 1 heterocycles. The molecule has 1 aliphatic heterocycles. The van der Waals surface area contributed by atoms with E-state index in [2.05, 4.69) is 4.72 Å². The van der Waals surface area contributed by atoms with Crippen LogP contribution in [0.3, 0.4) is 0 Å². The van der Waals surface area contributed by atoms with Crippen molar-refractivity contribution in [1.29, 1.82) is 0 Å². The zero-order valence-corrected chi connectivity index (χ0v) is 10.1. The van der Waals surface area contributed by atoms with Gasteiger partial charge in [-0.2, -0.15) is 12.7 Å². The fourth-order valence-electron chi connectivity index (χ4n) is 1.81. The van der Waals surface area contributed by atoms with E-state index in [0.717, 1.165) is 19.3 Å². The van der Waals surface area contributed by atoms with Crippen LogP contribution in [-0.4, -0.2) is 38.4 Å². The summed E-state index contributed by atoms with van der Waals surface area (Å²) < 4.78 is 27.8. The Bertz CT molecular complexity index is 279. The van der Waals surface area contributed by atoms with Crippen LogP contribution >= 0.6 is 0 Å². The number of nitrogens with one attached hydrogen (secondary N) is 1. The van der Waals surface area contributed by atoms with Gasteiger partial charge in [-0.25, -0.2) is 4.72 Å². The second-order valence-corrected chi connectivity index (χ2v) is 5.70. The van der Waals surface area contributed by atoms with Gasteiger partial charge in [-0.3, -0.25) is 0 Å². The van der Waals surface area contributed by atoms with Crippen molar-refractivity contribution in [1.82, 2.24) is 9.03 Å². The van der Waals surface area contributed by atoms with Gasteiger partial charge in [0, 0.05) is 19.1 Å². The first kappa shape index (κ1) is 12.9. The third-order valence-corrected chi connectivity index (χ3v) is 4.44. The average Bonchev–Trinajstić information content (AvgIpc) is 2.18. The number of rotatable bonds is 5. The smallest absolute Gasteiger partial charge is 0.279 e. The summed E-state index contributed by atoms with van der Waals surface area (Å²) in [7, 11) is -3.28. The van der Waals surface area contributed by atoms with E-state index >= 15 is 0 Å². The van der Waals surface area contributed by atoms with E-state index in [1.807, 2.05) is 6.92 Å². The van der Waals surface area contributed by atoms with Crippen LogP contribution in [0.25, 0.3) is 0 Å². The molecule has 0 saturated carbocycles. The molecular formula is C9H21N3O2S. The molecule has 1 aliphatic rings. The van der Waals surface area contributed by atoms with E-state index < -0.39 is 10.2 Å². The molecule has 0 aromatic heterocycles. The van der Waals surface area contributed by atoms with Crippen molar-refractivity contribution in [3.63, 3.8) is 0 Å². The minimum Gasteiger partial charge on any atom is -0.330 e. The van der Waals surface area contributed by atoms with Crippen molar-refractivity contribution >= 4 is 10.2 Å². The third-order valence-electron chi connectivity index (χ3n) is 2.72. The summed E-state index contributed by atoms with van der Waals surface area (Å²) in [6, 6.07) is 0.120. The number of nitrogens with two attached hydrogens (primary N) is 1. The number of piperidine rings is 1. The Kier molecular flexibility index (Phi) is 4.98. The van der Waals surface area contributed by atoms with Gasteiger partial charge in [0.15, 0.2) is 0 Å². The summed E-state index contributed by atoms with van der Waals surface area (Å²) in [4.78, 5) is 0. The SMILES string of the molecule is CC1CCCCN1S(=O)(=O)NCCCN. The lowest BCUT2D eigenvalue weighted by atomic mass is 10.1. The Balaban J connectivity index is 2.51. The largest absolute Gasteiger partial charge is 0.330 e. The molecule has 1 atom stereocenters. The zero-order valence-electron chi connectivity index (χ0n) is 9.28. The molecule has 0 aromatic rings. The van der Waals surface area contributed by atoms with Crippen molar-refractivity contribution < 1.29 is 8.42 Å². The van der Waals surface area contributed by atoms with Crippen molar-refractivity contribution in [2.75, 3.05) is 19.6 Å². The maximum Gasteiger partial charge on any atom is 0.279 e. The van der Waals surface area contributed by atoms with Gasteiger partial charge < -0.3 is 5.73 Å². The van der Waals surface area contributed by atoms with Crippen molar-refractivity contribution in [3.8, 4) is 0 Å². The molecule has 0 radical (unpaired) electrons. The Labute approximate surface area is 92.2 Å². The van der Waals surface area contributed by atoms with E-state index in [9.17, 15) is 8.42 Å². The summed E-state index contributed by atoms with van der Waals surface area (Å²) in [6.45, 7) is 3.54. The number of hydrogen-bond acceptors (Lipinski definition) is 3. The highest BCUT2D eigenvalue weighted by Crippen LogP contribution is 2.18. The van der Waals surface area contributed by atoms with E-state index in [1.165, 1.54) is 0 Å². The van der Waals surface area contributed by atoms with Crippen LogP contribution in [0.15, 0.2) is 0 Å². The standard InChI is InChI=1S/C9H21N3O2S/c1-9-5-2-3-8-12(9)15(13,14)11-7-4-6-10/h9,11H,2-8,10H2,1H3. The fourth-order valence-corrected chi connectivity index (χ4v) is 3.33.